The number of rotatable bonds is 2. The predicted molar refractivity (Wildman–Crippen MR) is 58.3 cm³/mol. The SMILES string of the molecule is Cn1ncc(Cl)c1C(=O)Nc1nccs1. The molecular formula is C8H7ClN4OS. The Morgan fingerprint density at radius 1 is 1.67 bits per heavy atom. The quantitative estimate of drug-likeness (QED) is 0.873. The van der Waals surface area contributed by atoms with E-state index in [1.54, 1.807) is 18.6 Å². The second-order valence-corrected chi connectivity index (χ2v) is 4.06. The molecule has 2 rings (SSSR count). The lowest BCUT2D eigenvalue weighted by Crippen LogP contribution is -2.16. The number of aryl methyl sites for hydroxylation is 1. The number of aromatic nitrogens is 3. The zero-order chi connectivity index (χ0) is 10.8. The van der Waals surface area contributed by atoms with Crippen molar-refractivity contribution in [3.05, 3.63) is 28.5 Å². The molecule has 0 atom stereocenters. The lowest BCUT2D eigenvalue weighted by Gasteiger charge is -2.02. The molecule has 2 heterocycles. The fourth-order valence-electron chi connectivity index (χ4n) is 1.11. The van der Waals surface area contributed by atoms with Gasteiger partial charge >= 0.3 is 0 Å². The van der Waals surface area contributed by atoms with Crippen LogP contribution in [0.15, 0.2) is 17.8 Å². The first-order chi connectivity index (χ1) is 7.18. The Hall–Kier alpha value is -1.40. The number of hydrogen-bond donors (Lipinski definition) is 1. The monoisotopic (exact) mass is 242 g/mol. The number of nitrogens with zero attached hydrogens (tertiary/aromatic N) is 3. The van der Waals surface area contributed by atoms with Crippen LogP contribution >= 0.6 is 22.9 Å². The number of nitrogens with one attached hydrogen (secondary N) is 1. The normalized spacial score (nSPS) is 10.3. The first-order valence-electron chi connectivity index (χ1n) is 4.07. The van der Waals surface area contributed by atoms with Crippen molar-refractivity contribution in [2.75, 3.05) is 5.32 Å². The molecule has 0 aliphatic heterocycles. The molecule has 0 aliphatic carbocycles. The summed E-state index contributed by atoms with van der Waals surface area (Å²) in [6.07, 6.45) is 3.05. The minimum atomic E-state index is -0.310. The van der Waals surface area contributed by atoms with Gasteiger partial charge in [-0.25, -0.2) is 4.98 Å². The van der Waals surface area contributed by atoms with Crippen molar-refractivity contribution in [1.82, 2.24) is 14.8 Å². The van der Waals surface area contributed by atoms with Crippen LogP contribution < -0.4 is 5.32 Å². The Morgan fingerprint density at radius 3 is 3.00 bits per heavy atom. The van der Waals surface area contributed by atoms with Crippen molar-refractivity contribution in [3.8, 4) is 0 Å². The first kappa shape index (κ1) is 10.1. The molecule has 15 heavy (non-hydrogen) atoms. The summed E-state index contributed by atoms with van der Waals surface area (Å²) in [7, 11) is 1.66. The van der Waals surface area contributed by atoms with Crippen molar-refractivity contribution < 1.29 is 4.79 Å². The molecule has 0 aromatic carbocycles. The summed E-state index contributed by atoms with van der Waals surface area (Å²) >= 11 is 7.16. The summed E-state index contributed by atoms with van der Waals surface area (Å²) in [6.45, 7) is 0. The van der Waals surface area contributed by atoms with Crippen molar-refractivity contribution in [3.63, 3.8) is 0 Å². The molecule has 1 N–H and O–H groups in total. The number of amides is 1. The molecule has 0 saturated carbocycles. The molecule has 0 bridgehead atoms. The van der Waals surface area contributed by atoms with Crippen LogP contribution in [0.4, 0.5) is 5.13 Å². The third-order valence-electron chi connectivity index (χ3n) is 1.76. The number of hydrogen-bond acceptors (Lipinski definition) is 4. The van der Waals surface area contributed by atoms with Gasteiger partial charge < -0.3 is 0 Å². The molecule has 2 aromatic rings. The van der Waals surface area contributed by atoms with Crippen LogP contribution in [0.2, 0.25) is 5.02 Å². The Bertz CT molecular complexity index is 459. The van der Waals surface area contributed by atoms with E-state index in [9.17, 15) is 4.79 Å². The highest BCUT2D eigenvalue weighted by atomic mass is 35.5. The van der Waals surface area contributed by atoms with Gasteiger partial charge in [-0.2, -0.15) is 5.10 Å². The van der Waals surface area contributed by atoms with E-state index in [-0.39, 0.29) is 5.91 Å². The van der Waals surface area contributed by atoms with E-state index in [4.69, 9.17) is 11.6 Å². The van der Waals surface area contributed by atoms with Gasteiger partial charge in [-0.05, 0) is 0 Å². The Morgan fingerprint density at radius 2 is 2.47 bits per heavy atom. The molecule has 0 unspecified atom stereocenters. The van der Waals surface area contributed by atoms with Crippen LogP contribution in [0.3, 0.4) is 0 Å². The summed E-state index contributed by atoms with van der Waals surface area (Å²) < 4.78 is 1.42. The van der Waals surface area contributed by atoms with Gasteiger partial charge in [0.25, 0.3) is 5.91 Å². The second-order valence-electron chi connectivity index (χ2n) is 2.76. The second kappa shape index (κ2) is 4.00. The Labute approximate surface area is 94.7 Å². The fourth-order valence-corrected chi connectivity index (χ4v) is 1.88. The Balaban J connectivity index is 2.22. The third-order valence-corrected chi connectivity index (χ3v) is 2.73. The molecular weight excluding hydrogens is 236 g/mol. The van der Waals surface area contributed by atoms with Crippen LogP contribution in [0, 0.1) is 0 Å². The van der Waals surface area contributed by atoms with Gasteiger partial charge in [-0.15, -0.1) is 11.3 Å². The van der Waals surface area contributed by atoms with Crippen LogP contribution in [-0.4, -0.2) is 20.7 Å². The summed E-state index contributed by atoms with van der Waals surface area (Å²) in [5.41, 5.74) is 0.326. The van der Waals surface area contributed by atoms with E-state index in [0.29, 0.717) is 15.8 Å². The van der Waals surface area contributed by atoms with Crippen molar-refractivity contribution in [2.24, 2.45) is 7.05 Å². The largest absolute Gasteiger partial charge is 0.296 e. The third kappa shape index (κ3) is 2.00. The highest BCUT2D eigenvalue weighted by Gasteiger charge is 2.16. The van der Waals surface area contributed by atoms with E-state index < -0.39 is 0 Å². The molecule has 0 radical (unpaired) electrons. The van der Waals surface area contributed by atoms with Crippen LogP contribution in [0.25, 0.3) is 0 Å². The molecule has 0 saturated heterocycles. The number of thiazole rings is 1. The average molecular weight is 243 g/mol. The Kier molecular flexibility index (Phi) is 2.70. The average Bonchev–Trinajstić information content (AvgIpc) is 2.77. The summed E-state index contributed by atoms with van der Waals surface area (Å²) in [5.74, 6) is -0.310. The van der Waals surface area contributed by atoms with Gasteiger partial charge in [0.2, 0.25) is 0 Å². The van der Waals surface area contributed by atoms with Crippen LogP contribution in [0.1, 0.15) is 10.5 Å². The molecule has 0 spiro atoms. The van der Waals surface area contributed by atoms with Crippen LogP contribution in [0.5, 0.6) is 0 Å². The fraction of sp³-hybridized carbons (Fsp3) is 0.125. The van der Waals surface area contributed by atoms with Gasteiger partial charge in [-0.1, -0.05) is 11.6 Å². The van der Waals surface area contributed by atoms with Crippen molar-refractivity contribution in [1.29, 1.82) is 0 Å². The van der Waals surface area contributed by atoms with Crippen LogP contribution in [-0.2, 0) is 7.05 Å². The number of carbonyl (C=O) groups is 1. The van der Waals surface area contributed by atoms with E-state index in [1.165, 1.54) is 22.2 Å². The van der Waals surface area contributed by atoms with Gasteiger partial charge in [0, 0.05) is 18.6 Å². The zero-order valence-electron chi connectivity index (χ0n) is 7.77. The molecule has 78 valence electrons. The standard InChI is InChI=1S/C8H7ClN4OS/c1-13-6(5(9)4-11-13)7(14)12-8-10-2-3-15-8/h2-4H,1H3,(H,10,12,14). The first-order valence-corrected chi connectivity index (χ1v) is 5.32. The van der Waals surface area contributed by atoms with E-state index in [2.05, 4.69) is 15.4 Å². The summed E-state index contributed by atoms with van der Waals surface area (Å²) in [6, 6.07) is 0. The molecule has 5 nitrogen and oxygen atoms in total. The van der Waals surface area contributed by atoms with E-state index in [1.807, 2.05) is 0 Å². The molecule has 2 aromatic heterocycles. The number of anilines is 1. The highest BCUT2D eigenvalue weighted by Crippen LogP contribution is 2.17. The van der Waals surface area contributed by atoms with Crippen molar-refractivity contribution in [2.45, 2.75) is 0 Å². The molecule has 1 amide bonds. The summed E-state index contributed by atoms with van der Waals surface area (Å²) in [4.78, 5) is 15.7. The zero-order valence-corrected chi connectivity index (χ0v) is 9.34. The molecule has 0 aliphatic rings. The smallest absolute Gasteiger partial charge is 0.277 e. The topological polar surface area (TPSA) is 59.8 Å². The molecule has 7 heteroatoms. The number of halogens is 1. The number of carbonyl (C=O) groups excluding carboxylic acids is 1. The van der Waals surface area contributed by atoms with Crippen molar-refractivity contribution >= 4 is 34.0 Å². The minimum Gasteiger partial charge on any atom is -0.296 e. The predicted octanol–water partition coefficient (Wildman–Crippen LogP) is 1.78. The van der Waals surface area contributed by atoms with Gasteiger partial charge in [0.05, 0.1) is 11.2 Å². The molecule has 0 fully saturated rings. The lowest BCUT2D eigenvalue weighted by atomic mass is 10.4. The highest BCUT2D eigenvalue weighted by molar-refractivity contribution is 7.13. The summed E-state index contributed by atoms with van der Waals surface area (Å²) in [5, 5.41) is 9.15. The van der Waals surface area contributed by atoms with Gasteiger partial charge in [-0.3, -0.25) is 14.8 Å². The maximum atomic E-state index is 11.7. The van der Waals surface area contributed by atoms with E-state index >= 15 is 0 Å². The maximum absolute atomic E-state index is 11.7. The van der Waals surface area contributed by atoms with Gasteiger partial charge in [0.1, 0.15) is 5.69 Å². The lowest BCUT2D eigenvalue weighted by molar-refractivity contribution is 0.101. The maximum Gasteiger partial charge on any atom is 0.277 e. The van der Waals surface area contributed by atoms with Gasteiger partial charge in [0.15, 0.2) is 5.13 Å². The van der Waals surface area contributed by atoms with E-state index in [0.717, 1.165) is 0 Å². The minimum absolute atomic E-state index is 0.310.